The van der Waals surface area contributed by atoms with Crippen LogP contribution in [0.5, 0.6) is 5.75 Å². The van der Waals surface area contributed by atoms with Gasteiger partial charge in [-0.3, -0.25) is 9.59 Å². The van der Waals surface area contributed by atoms with Gasteiger partial charge in [-0.2, -0.15) is 0 Å². The zero-order valence-electron chi connectivity index (χ0n) is 13.3. The van der Waals surface area contributed by atoms with E-state index in [0.29, 0.717) is 23.8 Å². The van der Waals surface area contributed by atoms with E-state index in [4.69, 9.17) is 9.15 Å². The van der Waals surface area contributed by atoms with Gasteiger partial charge < -0.3 is 24.9 Å². The van der Waals surface area contributed by atoms with Crippen molar-refractivity contribution < 1.29 is 23.8 Å². The van der Waals surface area contributed by atoms with Crippen molar-refractivity contribution in [3.05, 3.63) is 48.4 Å². The lowest BCUT2D eigenvalue weighted by molar-refractivity contribution is -0.136. The molecule has 0 spiro atoms. The smallest absolute Gasteiger partial charge is 0.313 e. The van der Waals surface area contributed by atoms with Gasteiger partial charge in [0, 0.05) is 6.54 Å². The quantitative estimate of drug-likeness (QED) is 0.672. The summed E-state index contributed by atoms with van der Waals surface area (Å²) in [5.74, 6) is -0.670. The maximum Gasteiger partial charge on any atom is 0.313 e. The van der Waals surface area contributed by atoms with Gasteiger partial charge in [-0.15, -0.1) is 0 Å². The predicted octanol–water partition coefficient (Wildman–Crippen LogP) is 1.86. The van der Waals surface area contributed by atoms with Crippen molar-refractivity contribution >= 4 is 17.5 Å². The summed E-state index contributed by atoms with van der Waals surface area (Å²) in [4.78, 5) is 23.7. The van der Waals surface area contributed by atoms with Crippen molar-refractivity contribution in [3.63, 3.8) is 0 Å². The molecule has 0 aliphatic carbocycles. The number of nitrogens with one attached hydrogen (secondary N) is 2. The number of aliphatic hydroxyl groups is 1. The van der Waals surface area contributed by atoms with Crippen molar-refractivity contribution in [2.45, 2.75) is 19.4 Å². The van der Waals surface area contributed by atoms with Crippen LogP contribution >= 0.6 is 0 Å². The van der Waals surface area contributed by atoms with Crippen LogP contribution in [0.2, 0.25) is 0 Å². The molecule has 24 heavy (non-hydrogen) atoms. The molecule has 1 aromatic heterocycles. The van der Waals surface area contributed by atoms with Gasteiger partial charge in [-0.1, -0.05) is 12.1 Å². The molecule has 7 heteroatoms. The van der Waals surface area contributed by atoms with Crippen LogP contribution in [0, 0.1) is 0 Å². The van der Waals surface area contributed by atoms with E-state index >= 15 is 0 Å². The molecule has 0 fully saturated rings. The Morgan fingerprint density at radius 2 is 2.00 bits per heavy atom. The van der Waals surface area contributed by atoms with Gasteiger partial charge in [0.05, 0.1) is 18.6 Å². The Labute approximate surface area is 139 Å². The van der Waals surface area contributed by atoms with Crippen LogP contribution in [-0.2, 0) is 9.59 Å². The number of amides is 2. The summed E-state index contributed by atoms with van der Waals surface area (Å²) < 4.78 is 10.4. The number of rotatable bonds is 7. The fourth-order valence-corrected chi connectivity index (χ4v) is 2.06. The highest BCUT2D eigenvalue weighted by Crippen LogP contribution is 2.23. The lowest BCUT2D eigenvalue weighted by Gasteiger charge is -2.12. The first-order valence-corrected chi connectivity index (χ1v) is 7.64. The molecule has 0 saturated carbocycles. The summed E-state index contributed by atoms with van der Waals surface area (Å²) in [6.07, 6.45) is 0.865. The maximum absolute atomic E-state index is 11.9. The van der Waals surface area contributed by atoms with Crippen LogP contribution in [-0.4, -0.2) is 30.1 Å². The largest absolute Gasteiger partial charge is 0.492 e. The molecule has 3 N–H and O–H groups in total. The highest BCUT2D eigenvalue weighted by Gasteiger charge is 2.16. The van der Waals surface area contributed by atoms with E-state index in [9.17, 15) is 14.7 Å². The van der Waals surface area contributed by atoms with Crippen LogP contribution < -0.4 is 15.4 Å². The first-order chi connectivity index (χ1) is 11.6. The van der Waals surface area contributed by atoms with Gasteiger partial charge in [0.2, 0.25) is 0 Å². The van der Waals surface area contributed by atoms with E-state index in [-0.39, 0.29) is 13.0 Å². The molecule has 1 heterocycles. The number of carbonyl (C=O) groups excluding carboxylic acids is 2. The zero-order chi connectivity index (χ0) is 17.4. The normalized spacial score (nSPS) is 11.6. The Kier molecular flexibility index (Phi) is 6.39. The molecule has 0 bridgehead atoms. The molecule has 2 aromatic rings. The van der Waals surface area contributed by atoms with E-state index in [1.807, 2.05) is 6.92 Å². The summed E-state index contributed by atoms with van der Waals surface area (Å²) in [5.41, 5.74) is 0.426. The minimum atomic E-state index is -0.831. The number of ether oxygens (including phenoxy) is 1. The minimum absolute atomic E-state index is 0.140. The van der Waals surface area contributed by atoms with Crippen LogP contribution in [0.3, 0.4) is 0 Å². The number of benzene rings is 1. The van der Waals surface area contributed by atoms with Crippen molar-refractivity contribution in [1.29, 1.82) is 0 Å². The average molecular weight is 332 g/mol. The number of furan rings is 1. The zero-order valence-corrected chi connectivity index (χ0v) is 13.3. The van der Waals surface area contributed by atoms with E-state index in [1.165, 1.54) is 6.26 Å². The number of hydrogen-bond acceptors (Lipinski definition) is 5. The molecule has 1 atom stereocenters. The standard InChI is InChI=1S/C17H20N2O5/c1-2-23-14-7-4-3-6-12(14)19-17(22)16(21)18-10-9-13(20)15-8-5-11-24-15/h3-8,11,13,20H,2,9-10H2,1H3,(H,18,21)(H,19,22). The number of aliphatic hydroxyl groups excluding tert-OH is 1. The molecule has 7 nitrogen and oxygen atoms in total. The van der Waals surface area contributed by atoms with Crippen molar-refractivity contribution in [2.75, 3.05) is 18.5 Å². The van der Waals surface area contributed by atoms with Crippen LogP contribution in [0.4, 0.5) is 5.69 Å². The molecule has 2 amide bonds. The molecule has 0 aliphatic rings. The highest BCUT2D eigenvalue weighted by atomic mass is 16.5. The topological polar surface area (TPSA) is 101 Å². The first kappa shape index (κ1) is 17.6. The van der Waals surface area contributed by atoms with Gasteiger partial charge in [-0.25, -0.2) is 0 Å². The molecule has 2 rings (SSSR count). The monoisotopic (exact) mass is 332 g/mol. The Hall–Kier alpha value is -2.80. The van der Waals surface area contributed by atoms with Crippen LogP contribution in [0.15, 0.2) is 47.1 Å². The van der Waals surface area contributed by atoms with Crippen molar-refractivity contribution in [1.82, 2.24) is 5.32 Å². The first-order valence-electron chi connectivity index (χ1n) is 7.64. The predicted molar refractivity (Wildman–Crippen MR) is 87.5 cm³/mol. The van der Waals surface area contributed by atoms with Gasteiger partial charge in [0.1, 0.15) is 17.6 Å². The third kappa shape index (κ3) is 4.85. The average Bonchev–Trinajstić information content (AvgIpc) is 3.11. The Bertz CT molecular complexity index is 669. The second-order valence-corrected chi connectivity index (χ2v) is 4.96. The lowest BCUT2D eigenvalue weighted by Crippen LogP contribution is -2.36. The van der Waals surface area contributed by atoms with Gasteiger partial charge in [0.25, 0.3) is 0 Å². The number of hydrogen-bond donors (Lipinski definition) is 3. The highest BCUT2D eigenvalue weighted by molar-refractivity contribution is 6.39. The second kappa shape index (κ2) is 8.73. The molecule has 1 unspecified atom stereocenters. The third-order valence-corrected chi connectivity index (χ3v) is 3.22. The van der Waals surface area contributed by atoms with Crippen LogP contribution in [0.1, 0.15) is 25.2 Å². The fraction of sp³-hybridized carbons (Fsp3) is 0.294. The van der Waals surface area contributed by atoms with E-state index in [2.05, 4.69) is 10.6 Å². The molecule has 128 valence electrons. The molecule has 1 aromatic carbocycles. The van der Waals surface area contributed by atoms with Gasteiger partial charge in [-0.05, 0) is 37.6 Å². The maximum atomic E-state index is 11.9. The molecule has 0 aliphatic heterocycles. The number of anilines is 1. The van der Waals surface area contributed by atoms with E-state index in [1.54, 1.807) is 36.4 Å². The Morgan fingerprint density at radius 3 is 2.71 bits per heavy atom. The number of carbonyl (C=O) groups is 2. The van der Waals surface area contributed by atoms with Gasteiger partial charge >= 0.3 is 11.8 Å². The molecule has 0 radical (unpaired) electrons. The summed E-state index contributed by atoms with van der Waals surface area (Å²) in [5, 5.41) is 14.8. The van der Waals surface area contributed by atoms with Crippen LogP contribution in [0.25, 0.3) is 0 Å². The Balaban J connectivity index is 1.81. The summed E-state index contributed by atoms with van der Waals surface area (Å²) in [6, 6.07) is 10.2. The summed E-state index contributed by atoms with van der Waals surface area (Å²) in [6.45, 7) is 2.42. The SMILES string of the molecule is CCOc1ccccc1NC(=O)C(=O)NCCC(O)c1ccco1. The summed E-state index contributed by atoms with van der Waals surface area (Å²) in [7, 11) is 0. The minimum Gasteiger partial charge on any atom is -0.492 e. The summed E-state index contributed by atoms with van der Waals surface area (Å²) >= 11 is 0. The van der Waals surface area contributed by atoms with Crippen molar-refractivity contribution in [3.8, 4) is 5.75 Å². The molecular weight excluding hydrogens is 312 g/mol. The van der Waals surface area contributed by atoms with E-state index in [0.717, 1.165) is 0 Å². The van der Waals surface area contributed by atoms with Gasteiger partial charge in [0.15, 0.2) is 0 Å². The van der Waals surface area contributed by atoms with E-state index < -0.39 is 17.9 Å². The second-order valence-electron chi connectivity index (χ2n) is 4.96. The molecule has 0 saturated heterocycles. The third-order valence-electron chi connectivity index (χ3n) is 3.22. The van der Waals surface area contributed by atoms with Crippen molar-refractivity contribution in [2.24, 2.45) is 0 Å². The molecular formula is C17H20N2O5. The fourth-order valence-electron chi connectivity index (χ4n) is 2.06. The lowest BCUT2D eigenvalue weighted by atomic mass is 10.2. The number of para-hydroxylation sites is 2. The Morgan fingerprint density at radius 1 is 1.21 bits per heavy atom.